The molecule has 198 valence electrons. The molecule has 5 nitrogen and oxygen atoms in total. The van der Waals surface area contributed by atoms with Crippen molar-refractivity contribution in [1.82, 2.24) is 0 Å². The predicted molar refractivity (Wildman–Crippen MR) is 149 cm³/mol. The third-order valence-corrected chi connectivity index (χ3v) is 7.63. The summed E-state index contributed by atoms with van der Waals surface area (Å²) in [7, 11) is 1.68. The van der Waals surface area contributed by atoms with Crippen molar-refractivity contribution in [2.75, 3.05) is 7.11 Å². The van der Waals surface area contributed by atoms with Crippen LogP contribution in [0.5, 0.6) is 17.2 Å². The highest BCUT2D eigenvalue weighted by atomic mass is 16.5. The molecule has 1 saturated carbocycles. The number of rotatable bonds is 9. The van der Waals surface area contributed by atoms with Crippen LogP contribution in [-0.2, 0) is 29.4 Å². The van der Waals surface area contributed by atoms with Gasteiger partial charge >= 0.3 is 0 Å². The normalized spacial score (nSPS) is 19.6. The van der Waals surface area contributed by atoms with E-state index in [9.17, 15) is 4.79 Å². The summed E-state index contributed by atoms with van der Waals surface area (Å²) >= 11 is 0. The van der Waals surface area contributed by atoms with Crippen molar-refractivity contribution in [2.45, 2.75) is 44.7 Å². The van der Waals surface area contributed by atoms with Crippen molar-refractivity contribution in [2.24, 2.45) is 5.92 Å². The SMILES string of the molecule is COCc1cc(OCc2ccccc2)cc2c1OC(c1ccc(OCc3ccccc3)cc1)C1CC(=O)CC21. The van der Waals surface area contributed by atoms with E-state index in [1.165, 1.54) is 0 Å². The van der Waals surface area contributed by atoms with E-state index >= 15 is 0 Å². The topological polar surface area (TPSA) is 54.0 Å². The smallest absolute Gasteiger partial charge is 0.133 e. The Balaban J connectivity index is 1.26. The second kappa shape index (κ2) is 11.3. The molecule has 4 aromatic rings. The summed E-state index contributed by atoms with van der Waals surface area (Å²) < 4.78 is 24.4. The first-order valence-corrected chi connectivity index (χ1v) is 13.5. The van der Waals surface area contributed by atoms with E-state index in [2.05, 4.69) is 30.3 Å². The molecule has 0 bridgehead atoms. The molecule has 39 heavy (non-hydrogen) atoms. The van der Waals surface area contributed by atoms with Gasteiger partial charge in [-0.05, 0) is 41.0 Å². The number of Topliss-reactive ketones (excluding diaryl/α,β-unsaturated/α-hetero) is 1. The molecule has 3 atom stereocenters. The molecule has 5 heteroatoms. The zero-order valence-electron chi connectivity index (χ0n) is 22.0. The van der Waals surface area contributed by atoms with E-state index in [-0.39, 0.29) is 23.7 Å². The van der Waals surface area contributed by atoms with Crippen LogP contribution in [0, 0.1) is 5.92 Å². The molecule has 0 amide bonds. The van der Waals surface area contributed by atoms with Crippen LogP contribution in [0.15, 0.2) is 97.1 Å². The lowest BCUT2D eigenvalue weighted by Gasteiger charge is -2.37. The molecular weight excluding hydrogens is 488 g/mol. The second-order valence-corrected chi connectivity index (χ2v) is 10.3. The van der Waals surface area contributed by atoms with Gasteiger partial charge in [0, 0.05) is 42.9 Å². The van der Waals surface area contributed by atoms with Gasteiger partial charge in [-0.25, -0.2) is 0 Å². The molecular formula is C34H32O5. The average molecular weight is 521 g/mol. The first-order valence-electron chi connectivity index (χ1n) is 13.5. The van der Waals surface area contributed by atoms with Crippen LogP contribution in [0.1, 0.15) is 52.7 Å². The van der Waals surface area contributed by atoms with E-state index in [1.807, 2.05) is 66.7 Å². The molecule has 6 rings (SSSR count). The summed E-state index contributed by atoms with van der Waals surface area (Å²) in [6.45, 7) is 1.39. The summed E-state index contributed by atoms with van der Waals surface area (Å²) in [5, 5.41) is 0. The van der Waals surface area contributed by atoms with Gasteiger partial charge in [-0.3, -0.25) is 4.79 Å². The highest BCUT2D eigenvalue weighted by Crippen LogP contribution is 2.54. The maximum Gasteiger partial charge on any atom is 0.133 e. The predicted octanol–water partition coefficient (Wildman–Crippen LogP) is 7.19. The van der Waals surface area contributed by atoms with Gasteiger partial charge in [0.15, 0.2) is 0 Å². The number of fused-ring (bicyclic) bond motifs is 3. The Morgan fingerprint density at radius 2 is 1.38 bits per heavy atom. The summed E-state index contributed by atoms with van der Waals surface area (Å²) in [5.41, 5.74) is 5.25. The van der Waals surface area contributed by atoms with Crippen LogP contribution < -0.4 is 14.2 Å². The van der Waals surface area contributed by atoms with Gasteiger partial charge in [0.1, 0.15) is 42.3 Å². The number of ketones is 1. The summed E-state index contributed by atoms with van der Waals surface area (Å²) in [4.78, 5) is 12.7. The minimum atomic E-state index is -0.219. The maximum absolute atomic E-state index is 12.7. The Morgan fingerprint density at radius 3 is 2.03 bits per heavy atom. The molecule has 2 aliphatic rings. The standard InChI is InChI=1S/C34H32O5/c1-36-22-26-16-29(38-21-24-10-6-3-7-11-24)19-32-30-17-27(35)18-31(30)33(39-34(26)32)25-12-14-28(15-13-25)37-20-23-8-4-2-5-9-23/h2-16,19,30-31,33H,17-18,20-22H2,1H3. The van der Waals surface area contributed by atoms with Crippen molar-refractivity contribution < 1.29 is 23.7 Å². The molecule has 0 N–H and O–H groups in total. The fraction of sp³-hybridized carbons (Fsp3) is 0.265. The summed E-state index contributed by atoms with van der Waals surface area (Å²) in [6, 6.07) is 32.4. The lowest BCUT2D eigenvalue weighted by atomic mass is 9.79. The Kier molecular flexibility index (Phi) is 7.33. The summed E-state index contributed by atoms with van der Waals surface area (Å²) in [5.74, 6) is 2.81. The van der Waals surface area contributed by atoms with E-state index in [0.717, 1.165) is 45.1 Å². The van der Waals surface area contributed by atoms with E-state index in [4.69, 9.17) is 18.9 Å². The molecule has 1 aliphatic heterocycles. The van der Waals surface area contributed by atoms with Gasteiger partial charge in [-0.1, -0.05) is 72.8 Å². The Bertz CT molecular complexity index is 1420. The molecule has 0 spiro atoms. The first kappa shape index (κ1) is 25.2. The molecule has 1 aliphatic carbocycles. The van der Waals surface area contributed by atoms with Crippen LogP contribution in [0.2, 0.25) is 0 Å². The van der Waals surface area contributed by atoms with Crippen molar-refractivity contribution in [3.63, 3.8) is 0 Å². The Morgan fingerprint density at radius 1 is 0.744 bits per heavy atom. The fourth-order valence-electron chi connectivity index (χ4n) is 5.76. The summed E-state index contributed by atoms with van der Waals surface area (Å²) in [6.07, 6.45) is 0.809. The number of hydrogen-bond acceptors (Lipinski definition) is 5. The lowest BCUT2D eigenvalue weighted by molar-refractivity contribution is -0.117. The van der Waals surface area contributed by atoms with Gasteiger partial charge in [-0.15, -0.1) is 0 Å². The minimum Gasteiger partial charge on any atom is -0.489 e. The third-order valence-electron chi connectivity index (χ3n) is 7.63. The number of carbonyl (C=O) groups excluding carboxylic acids is 1. The lowest BCUT2D eigenvalue weighted by Crippen LogP contribution is -2.27. The number of carbonyl (C=O) groups is 1. The highest BCUT2D eigenvalue weighted by Gasteiger charge is 2.46. The molecule has 0 saturated heterocycles. The molecule has 0 aromatic heterocycles. The zero-order valence-corrected chi connectivity index (χ0v) is 22.0. The van der Waals surface area contributed by atoms with Crippen molar-refractivity contribution in [1.29, 1.82) is 0 Å². The fourth-order valence-corrected chi connectivity index (χ4v) is 5.76. The van der Waals surface area contributed by atoms with Crippen LogP contribution >= 0.6 is 0 Å². The van der Waals surface area contributed by atoms with E-state index in [1.54, 1.807) is 7.11 Å². The average Bonchev–Trinajstić information content (AvgIpc) is 3.38. The number of benzene rings is 4. The van der Waals surface area contributed by atoms with Crippen LogP contribution in [0.3, 0.4) is 0 Å². The maximum atomic E-state index is 12.7. The number of methoxy groups -OCH3 is 1. The van der Waals surface area contributed by atoms with Gasteiger partial charge in [0.2, 0.25) is 0 Å². The molecule has 3 unspecified atom stereocenters. The van der Waals surface area contributed by atoms with Crippen molar-refractivity contribution in [3.05, 3.63) is 125 Å². The van der Waals surface area contributed by atoms with Crippen molar-refractivity contribution in [3.8, 4) is 17.2 Å². The first-order chi connectivity index (χ1) is 19.2. The molecule has 0 radical (unpaired) electrons. The number of hydrogen-bond donors (Lipinski definition) is 0. The zero-order chi connectivity index (χ0) is 26.6. The minimum absolute atomic E-state index is 0.0702. The van der Waals surface area contributed by atoms with Crippen LogP contribution in [-0.4, -0.2) is 12.9 Å². The number of ether oxygens (including phenoxy) is 4. The van der Waals surface area contributed by atoms with E-state index in [0.29, 0.717) is 32.7 Å². The Hall–Kier alpha value is -4.09. The largest absolute Gasteiger partial charge is 0.489 e. The van der Waals surface area contributed by atoms with E-state index < -0.39 is 0 Å². The van der Waals surface area contributed by atoms with Crippen LogP contribution in [0.4, 0.5) is 0 Å². The third kappa shape index (κ3) is 5.55. The van der Waals surface area contributed by atoms with Gasteiger partial charge in [0.25, 0.3) is 0 Å². The monoisotopic (exact) mass is 520 g/mol. The highest BCUT2D eigenvalue weighted by molar-refractivity contribution is 5.83. The Labute approximate surface area is 229 Å². The molecule has 1 heterocycles. The second-order valence-electron chi connectivity index (χ2n) is 10.3. The molecule has 4 aromatic carbocycles. The molecule has 1 fully saturated rings. The quantitative estimate of drug-likeness (QED) is 0.234. The van der Waals surface area contributed by atoms with Gasteiger partial charge < -0.3 is 18.9 Å². The van der Waals surface area contributed by atoms with Crippen LogP contribution in [0.25, 0.3) is 0 Å². The van der Waals surface area contributed by atoms with Crippen molar-refractivity contribution >= 4 is 5.78 Å². The van der Waals surface area contributed by atoms with Gasteiger partial charge in [0.05, 0.1) is 6.61 Å². The van der Waals surface area contributed by atoms with Gasteiger partial charge in [-0.2, -0.15) is 0 Å².